The van der Waals surface area contributed by atoms with Crippen LogP contribution in [0.2, 0.25) is 0 Å². The first kappa shape index (κ1) is 25.4. The van der Waals surface area contributed by atoms with Crippen molar-refractivity contribution in [1.82, 2.24) is 5.32 Å². The SMILES string of the molecule is C=CC1C2C(c3cc(C)ccc3-c3ccc(C)c[n+]32)C12Cc1ccc3c(oc4c3ccc3c(C)c(C)sc34)c1/C(=C/C)N2. The smallest absolute Gasteiger partial charge is 0.213 e. The van der Waals surface area contributed by atoms with Crippen LogP contribution in [-0.4, -0.2) is 5.54 Å². The Bertz CT molecular complexity index is 2250. The maximum Gasteiger partial charge on any atom is 0.213 e. The summed E-state index contributed by atoms with van der Waals surface area (Å²) in [6.07, 6.45) is 7.73. The van der Waals surface area contributed by atoms with Crippen molar-refractivity contribution in [2.75, 3.05) is 0 Å². The molecule has 3 aromatic carbocycles. The highest BCUT2D eigenvalue weighted by atomic mass is 32.1. The first-order valence-electron chi connectivity index (χ1n) is 15.4. The van der Waals surface area contributed by atoms with Crippen LogP contribution in [0.1, 0.15) is 57.1 Å². The van der Waals surface area contributed by atoms with Gasteiger partial charge < -0.3 is 9.73 Å². The van der Waals surface area contributed by atoms with Gasteiger partial charge in [0.1, 0.15) is 5.58 Å². The molecule has 1 saturated carbocycles. The van der Waals surface area contributed by atoms with Gasteiger partial charge in [-0.25, -0.2) is 0 Å². The van der Waals surface area contributed by atoms with Crippen LogP contribution >= 0.6 is 11.3 Å². The van der Waals surface area contributed by atoms with E-state index < -0.39 is 0 Å². The molecule has 6 aromatic rings. The highest BCUT2D eigenvalue weighted by Crippen LogP contribution is 2.63. The molecule has 0 saturated heterocycles. The summed E-state index contributed by atoms with van der Waals surface area (Å²) < 4.78 is 10.7. The van der Waals surface area contributed by atoms with E-state index in [1.807, 2.05) is 11.3 Å². The predicted octanol–water partition coefficient (Wildman–Crippen LogP) is 9.39. The first-order valence-corrected chi connectivity index (χ1v) is 16.2. The molecule has 3 aliphatic rings. The number of furan rings is 1. The number of hydrogen-bond acceptors (Lipinski definition) is 3. The molecule has 4 heteroatoms. The third-order valence-corrected chi connectivity index (χ3v) is 12.0. The minimum atomic E-state index is -0.173. The molecule has 1 spiro atoms. The van der Waals surface area contributed by atoms with Crippen LogP contribution < -0.4 is 9.88 Å². The molecule has 0 bridgehead atoms. The van der Waals surface area contributed by atoms with E-state index in [1.54, 1.807) is 0 Å². The number of aryl methyl sites for hydroxylation is 4. The lowest BCUT2D eigenvalue weighted by atomic mass is 9.48. The molecule has 4 unspecified atom stereocenters. The average molecular weight is 580 g/mol. The Morgan fingerprint density at radius 1 is 0.953 bits per heavy atom. The van der Waals surface area contributed by atoms with Crippen LogP contribution in [0.4, 0.5) is 0 Å². The van der Waals surface area contributed by atoms with Gasteiger partial charge in [-0.3, -0.25) is 0 Å². The van der Waals surface area contributed by atoms with Crippen LogP contribution in [0.5, 0.6) is 0 Å². The molecule has 1 aliphatic carbocycles. The first-order chi connectivity index (χ1) is 20.8. The zero-order valence-electron chi connectivity index (χ0n) is 25.3. The summed E-state index contributed by atoms with van der Waals surface area (Å²) in [5.41, 5.74) is 13.6. The minimum absolute atomic E-state index is 0.173. The fourth-order valence-corrected chi connectivity index (χ4v) is 9.93. The van der Waals surface area contributed by atoms with E-state index in [4.69, 9.17) is 4.42 Å². The summed E-state index contributed by atoms with van der Waals surface area (Å²) in [5, 5.41) is 7.89. The molecular formula is C39H35N2OS+. The van der Waals surface area contributed by atoms with E-state index in [0.717, 1.165) is 17.6 Å². The van der Waals surface area contributed by atoms with Crippen molar-refractivity contribution >= 4 is 49.1 Å². The minimum Gasteiger partial charge on any atom is -0.454 e. The van der Waals surface area contributed by atoms with Crippen molar-refractivity contribution in [2.45, 2.75) is 58.5 Å². The monoisotopic (exact) mass is 579 g/mol. The molecule has 5 heterocycles. The van der Waals surface area contributed by atoms with E-state index in [9.17, 15) is 0 Å². The predicted molar refractivity (Wildman–Crippen MR) is 179 cm³/mol. The van der Waals surface area contributed by atoms with Gasteiger partial charge in [0.15, 0.2) is 17.8 Å². The van der Waals surface area contributed by atoms with Crippen molar-refractivity contribution in [2.24, 2.45) is 5.92 Å². The maximum atomic E-state index is 6.88. The molecule has 43 heavy (non-hydrogen) atoms. The summed E-state index contributed by atoms with van der Waals surface area (Å²) in [6.45, 7) is 15.4. The van der Waals surface area contributed by atoms with Gasteiger partial charge in [0.05, 0.1) is 22.1 Å². The fourth-order valence-electron chi connectivity index (χ4n) is 8.78. The largest absolute Gasteiger partial charge is 0.454 e. The number of allylic oxidation sites excluding steroid dienone is 1. The van der Waals surface area contributed by atoms with Crippen LogP contribution in [-0.2, 0) is 6.42 Å². The lowest BCUT2D eigenvalue weighted by Crippen LogP contribution is -2.75. The number of rotatable bonds is 1. The van der Waals surface area contributed by atoms with Crippen molar-refractivity contribution in [3.05, 3.63) is 118 Å². The Balaban J connectivity index is 1.26. The maximum absolute atomic E-state index is 6.88. The third-order valence-electron chi connectivity index (χ3n) is 10.8. The Kier molecular flexibility index (Phi) is 5.00. The Hall–Kier alpha value is -4.15. The molecule has 2 aliphatic heterocycles. The zero-order valence-corrected chi connectivity index (χ0v) is 26.2. The molecule has 212 valence electrons. The Morgan fingerprint density at radius 2 is 1.72 bits per heavy atom. The van der Waals surface area contributed by atoms with E-state index in [0.29, 0.717) is 12.0 Å². The molecule has 3 nitrogen and oxygen atoms in total. The van der Waals surface area contributed by atoms with Gasteiger partial charge in [0, 0.05) is 44.1 Å². The molecule has 1 N–H and O–H groups in total. The van der Waals surface area contributed by atoms with Crippen molar-refractivity contribution in [3.8, 4) is 11.3 Å². The Labute approximate surface area is 256 Å². The van der Waals surface area contributed by atoms with Crippen molar-refractivity contribution < 1.29 is 8.98 Å². The number of benzene rings is 3. The van der Waals surface area contributed by atoms with Crippen molar-refractivity contribution in [1.29, 1.82) is 0 Å². The number of aromatic nitrogens is 1. The number of fused-ring (bicyclic) bond motifs is 14. The van der Waals surface area contributed by atoms with Gasteiger partial charge >= 0.3 is 0 Å². The molecule has 0 radical (unpaired) electrons. The molecule has 4 atom stereocenters. The van der Waals surface area contributed by atoms with Crippen molar-refractivity contribution in [3.63, 3.8) is 0 Å². The number of nitrogens with zero attached hydrogens (tertiary/aromatic N) is 1. The van der Waals surface area contributed by atoms with Gasteiger partial charge in [0.2, 0.25) is 5.69 Å². The van der Waals surface area contributed by atoms with Crippen LogP contribution in [0.3, 0.4) is 0 Å². The standard InChI is InChI=1S/C39H35N2OS/c1-7-30-35-34(29-17-20(3)9-12-26(29)32-16-10-21(4)19-41(32)35)39(30)18-24-11-13-27-28-15-14-25-22(5)23(6)43-38(25)37(28)42-36(27)33(24)31(8-2)40-39/h7-17,19,30,34-35,40H,1,18H2,2-6H3/q+1/b31-8-. The normalized spacial score (nSPS) is 24.5. The molecule has 0 amide bonds. The van der Waals surface area contributed by atoms with E-state index in [-0.39, 0.29) is 11.5 Å². The second-order valence-electron chi connectivity index (χ2n) is 13.0. The third kappa shape index (κ3) is 3.07. The van der Waals surface area contributed by atoms with E-state index in [2.05, 4.69) is 124 Å². The molecule has 3 aromatic heterocycles. The Morgan fingerprint density at radius 3 is 2.53 bits per heavy atom. The fraction of sp³-hybridized carbons (Fsp3) is 0.256. The van der Waals surface area contributed by atoms with Crippen LogP contribution in [0.25, 0.3) is 49.0 Å². The summed E-state index contributed by atoms with van der Waals surface area (Å²) in [7, 11) is 0. The summed E-state index contributed by atoms with van der Waals surface area (Å²) >= 11 is 1.85. The average Bonchev–Trinajstić information content (AvgIpc) is 3.52. The number of pyridine rings is 1. The number of hydrogen-bond donors (Lipinski definition) is 1. The van der Waals surface area contributed by atoms with Gasteiger partial charge in [-0.05, 0) is 81.3 Å². The zero-order chi connectivity index (χ0) is 29.4. The second kappa shape index (κ2) is 8.48. The van der Waals surface area contributed by atoms with Gasteiger partial charge in [-0.15, -0.1) is 17.9 Å². The lowest BCUT2D eigenvalue weighted by Gasteiger charge is -2.61. The van der Waals surface area contributed by atoms with Gasteiger partial charge in [-0.1, -0.05) is 48.0 Å². The molecule has 9 rings (SSSR count). The highest BCUT2D eigenvalue weighted by Gasteiger charge is 2.69. The quantitative estimate of drug-likeness (QED) is 0.155. The highest BCUT2D eigenvalue weighted by molar-refractivity contribution is 7.20. The van der Waals surface area contributed by atoms with E-state index >= 15 is 0 Å². The summed E-state index contributed by atoms with van der Waals surface area (Å²) in [4.78, 5) is 1.36. The lowest BCUT2D eigenvalue weighted by molar-refractivity contribution is -0.740. The topological polar surface area (TPSA) is 29.0 Å². The number of thiophene rings is 1. The van der Waals surface area contributed by atoms with E-state index in [1.165, 1.54) is 76.1 Å². The van der Waals surface area contributed by atoms with Crippen LogP contribution in [0.15, 0.2) is 83.9 Å². The van der Waals surface area contributed by atoms with Gasteiger partial charge in [0.25, 0.3) is 0 Å². The summed E-state index contributed by atoms with van der Waals surface area (Å²) in [5.74, 6) is 0.582. The van der Waals surface area contributed by atoms with Gasteiger partial charge in [-0.2, -0.15) is 4.57 Å². The van der Waals surface area contributed by atoms with Crippen LogP contribution in [0, 0.1) is 33.6 Å². The number of nitrogens with one attached hydrogen (secondary N) is 1. The molecular weight excluding hydrogens is 545 g/mol. The summed E-state index contributed by atoms with van der Waals surface area (Å²) in [6, 6.07) is 21.1. The second-order valence-corrected chi connectivity index (χ2v) is 14.3. The molecule has 1 fully saturated rings.